The highest BCUT2D eigenvalue weighted by Gasteiger charge is 2.40. The lowest BCUT2D eigenvalue weighted by molar-refractivity contribution is 0.200. The summed E-state index contributed by atoms with van der Waals surface area (Å²) in [6.45, 7) is 5.10. The lowest BCUT2D eigenvalue weighted by Crippen LogP contribution is -2.37. The maximum atomic E-state index is 11.3. The molecule has 0 radical (unpaired) electrons. The Morgan fingerprint density at radius 1 is 1.03 bits per heavy atom. The van der Waals surface area contributed by atoms with E-state index >= 15 is 0 Å². The van der Waals surface area contributed by atoms with Crippen LogP contribution in [0.2, 0.25) is 0 Å². The molecule has 3 aromatic rings. The number of nitrogens with zero attached hydrogens (tertiary/aromatic N) is 3. The van der Waals surface area contributed by atoms with E-state index in [0.717, 1.165) is 54.4 Å². The Labute approximate surface area is 179 Å². The highest BCUT2D eigenvalue weighted by Crippen LogP contribution is 2.32. The highest BCUT2D eigenvalue weighted by molar-refractivity contribution is 7.20. The maximum absolute atomic E-state index is 11.3. The van der Waals surface area contributed by atoms with Gasteiger partial charge >= 0.3 is 6.03 Å². The van der Waals surface area contributed by atoms with E-state index in [1.165, 1.54) is 11.3 Å². The molecule has 0 bridgehead atoms. The first-order valence-corrected chi connectivity index (χ1v) is 11.0. The van der Waals surface area contributed by atoms with Gasteiger partial charge in [-0.15, -0.1) is 0 Å². The molecule has 8 heteroatoms. The number of fused-ring (bicyclic) bond motifs is 2. The molecule has 0 saturated carbocycles. The summed E-state index contributed by atoms with van der Waals surface area (Å²) in [6, 6.07) is 15.4. The van der Waals surface area contributed by atoms with Crippen molar-refractivity contribution in [1.29, 1.82) is 0 Å². The fourth-order valence-corrected chi connectivity index (χ4v) is 5.18. The minimum atomic E-state index is -0.296. The van der Waals surface area contributed by atoms with Gasteiger partial charge in [0, 0.05) is 32.7 Å². The molecule has 2 aromatic carbocycles. The molecule has 0 spiro atoms. The molecular formula is C22H24N4O3S. The van der Waals surface area contributed by atoms with Crippen molar-refractivity contribution >= 4 is 27.6 Å². The summed E-state index contributed by atoms with van der Waals surface area (Å²) in [6.07, 6.45) is 0. The number of carbonyl (C=O) groups excluding carboxylic acids is 1. The average Bonchev–Trinajstić information content (AvgIpc) is 3.41. The lowest BCUT2D eigenvalue weighted by atomic mass is 10.0. The van der Waals surface area contributed by atoms with E-state index in [0.29, 0.717) is 23.6 Å². The van der Waals surface area contributed by atoms with Crippen LogP contribution in [0, 0.1) is 11.8 Å². The third kappa shape index (κ3) is 4.06. The molecule has 156 valence electrons. The number of amides is 2. The number of likely N-dealkylation sites (tertiary alicyclic amines) is 2. The Hall–Kier alpha value is -2.84. The van der Waals surface area contributed by atoms with Crippen molar-refractivity contribution in [3.63, 3.8) is 0 Å². The topological polar surface area (TPSA) is 80.9 Å². The third-order valence-electron chi connectivity index (χ3n) is 5.85. The molecule has 0 aliphatic carbocycles. The molecule has 1 aromatic heterocycles. The summed E-state index contributed by atoms with van der Waals surface area (Å²) in [4.78, 5) is 20.0. The van der Waals surface area contributed by atoms with Crippen LogP contribution in [-0.4, -0.2) is 60.1 Å². The zero-order valence-corrected chi connectivity index (χ0v) is 17.4. The number of ether oxygens (including phenoxy) is 2. The Bertz CT molecular complexity index is 991. The van der Waals surface area contributed by atoms with Gasteiger partial charge in [0.15, 0.2) is 0 Å². The van der Waals surface area contributed by atoms with Crippen molar-refractivity contribution < 1.29 is 14.3 Å². The van der Waals surface area contributed by atoms with Gasteiger partial charge in [-0.25, -0.2) is 9.78 Å². The summed E-state index contributed by atoms with van der Waals surface area (Å²) in [5.41, 5.74) is 6.34. The zero-order chi connectivity index (χ0) is 20.5. The van der Waals surface area contributed by atoms with E-state index in [-0.39, 0.29) is 6.03 Å². The first-order valence-electron chi connectivity index (χ1n) is 10.2. The first kappa shape index (κ1) is 19.1. The van der Waals surface area contributed by atoms with Crippen LogP contribution in [-0.2, 0) is 0 Å². The van der Waals surface area contributed by atoms with E-state index in [9.17, 15) is 4.79 Å². The number of hydrogen-bond acceptors (Lipinski definition) is 6. The van der Waals surface area contributed by atoms with Gasteiger partial charge in [0.25, 0.3) is 5.19 Å². The third-order valence-corrected chi connectivity index (χ3v) is 6.77. The summed E-state index contributed by atoms with van der Waals surface area (Å²) in [5.74, 6) is 2.65. The molecule has 2 aliphatic heterocycles. The van der Waals surface area contributed by atoms with Crippen LogP contribution in [0.15, 0.2) is 48.5 Å². The van der Waals surface area contributed by atoms with Crippen LogP contribution in [0.25, 0.3) is 10.2 Å². The maximum Gasteiger partial charge on any atom is 0.314 e. The number of primary amides is 1. The second-order valence-electron chi connectivity index (χ2n) is 7.89. The van der Waals surface area contributed by atoms with Crippen LogP contribution < -0.4 is 15.2 Å². The molecule has 7 nitrogen and oxygen atoms in total. The predicted octanol–water partition coefficient (Wildman–Crippen LogP) is 3.41. The van der Waals surface area contributed by atoms with Crippen molar-refractivity contribution in [3.8, 4) is 16.7 Å². The van der Waals surface area contributed by atoms with Crippen LogP contribution in [0.5, 0.6) is 16.7 Å². The first-order chi connectivity index (χ1) is 14.6. The van der Waals surface area contributed by atoms with Crippen LogP contribution in [0.4, 0.5) is 4.79 Å². The largest absolute Gasteiger partial charge is 0.492 e. The van der Waals surface area contributed by atoms with Gasteiger partial charge in [-0.1, -0.05) is 23.5 Å². The zero-order valence-electron chi connectivity index (χ0n) is 16.6. The van der Waals surface area contributed by atoms with Crippen molar-refractivity contribution in [2.75, 3.05) is 39.3 Å². The predicted molar refractivity (Wildman–Crippen MR) is 116 cm³/mol. The summed E-state index contributed by atoms with van der Waals surface area (Å²) in [7, 11) is 0. The molecule has 2 atom stereocenters. The molecule has 1 unspecified atom stereocenters. The second kappa shape index (κ2) is 8.12. The van der Waals surface area contributed by atoms with Gasteiger partial charge in [-0.05, 0) is 48.2 Å². The Balaban J connectivity index is 1.08. The number of hydrogen-bond donors (Lipinski definition) is 1. The van der Waals surface area contributed by atoms with Gasteiger partial charge in [0.2, 0.25) is 0 Å². The van der Waals surface area contributed by atoms with Crippen LogP contribution in [0.1, 0.15) is 0 Å². The summed E-state index contributed by atoms with van der Waals surface area (Å²) in [5, 5.41) is 0.638. The minimum absolute atomic E-state index is 0.296. The number of carbonyl (C=O) groups is 1. The highest BCUT2D eigenvalue weighted by atomic mass is 32.1. The number of nitrogens with two attached hydrogens (primary N) is 1. The summed E-state index contributed by atoms with van der Waals surface area (Å²) >= 11 is 1.53. The molecular weight excluding hydrogens is 400 g/mol. The Kier molecular flexibility index (Phi) is 5.18. The molecule has 3 heterocycles. The van der Waals surface area contributed by atoms with Gasteiger partial charge in [-0.2, -0.15) is 0 Å². The SMILES string of the molecule is NC(=O)N1CC2CN(CCOc3ccc(Oc4nc5ccccc5s4)cc3)C[C@@H]2C1. The van der Waals surface area contributed by atoms with Crippen molar-refractivity contribution in [2.24, 2.45) is 17.6 Å². The molecule has 2 fully saturated rings. The van der Waals surface area contributed by atoms with E-state index < -0.39 is 0 Å². The fourth-order valence-electron chi connectivity index (χ4n) is 4.34. The van der Waals surface area contributed by atoms with Crippen LogP contribution >= 0.6 is 11.3 Å². The van der Waals surface area contributed by atoms with Crippen molar-refractivity contribution in [3.05, 3.63) is 48.5 Å². The lowest BCUT2D eigenvalue weighted by Gasteiger charge is -2.20. The van der Waals surface area contributed by atoms with Crippen molar-refractivity contribution in [1.82, 2.24) is 14.8 Å². The molecule has 2 aliphatic rings. The number of urea groups is 1. The van der Waals surface area contributed by atoms with Gasteiger partial charge < -0.3 is 20.1 Å². The van der Waals surface area contributed by atoms with Gasteiger partial charge in [0.05, 0.1) is 10.2 Å². The summed E-state index contributed by atoms with van der Waals surface area (Å²) < 4.78 is 12.9. The number of rotatable bonds is 6. The van der Waals surface area contributed by atoms with E-state index in [2.05, 4.69) is 9.88 Å². The second-order valence-corrected chi connectivity index (χ2v) is 8.89. The molecule has 2 amide bonds. The standard InChI is InChI=1S/C22H24N4O3S/c23-21(27)26-13-15-11-25(12-16(15)14-26)9-10-28-17-5-7-18(8-6-17)29-22-24-19-3-1-2-4-20(19)30-22/h1-8,15-16H,9-14H2,(H2,23,27)/t15-,16?/m1/s1. The molecule has 2 N–H and O–H groups in total. The smallest absolute Gasteiger partial charge is 0.314 e. The van der Waals surface area contributed by atoms with E-state index in [1.807, 2.05) is 48.5 Å². The number of thiazole rings is 1. The van der Waals surface area contributed by atoms with E-state index in [4.69, 9.17) is 15.2 Å². The number of benzene rings is 2. The Morgan fingerprint density at radius 3 is 2.43 bits per heavy atom. The quantitative estimate of drug-likeness (QED) is 0.656. The number of aromatic nitrogens is 1. The van der Waals surface area contributed by atoms with Crippen LogP contribution in [0.3, 0.4) is 0 Å². The number of para-hydroxylation sites is 1. The average molecular weight is 425 g/mol. The molecule has 5 rings (SSSR count). The minimum Gasteiger partial charge on any atom is -0.492 e. The molecule has 2 saturated heterocycles. The van der Waals surface area contributed by atoms with Gasteiger partial charge in [-0.3, -0.25) is 4.90 Å². The normalized spacial score (nSPS) is 21.1. The van der Waals surface area contributed by atoms with Gasteiger partial charge in [0.1, 0.15) is 18.1 Å². The fraction of sp³-hybridized carbons (Fsp3) is 0.364. The molecule has 30 heavy (non-hydrogen) atoms. The van der Waals surface area contributed by atoms with Crippen molar-refractivity contribution in [2.45, 2.75) is 0 Å². The monoisotopic (exact) mass is 424 g/mol. The Morgan fingerprint density at radius 2 is 1.73 bits per heavy atom. The van der Waals surface area contributed by atoms with E-state index in [1.54, 1.807) is 4.90 Å².